The van der Waals surface area contributed by atoms with Gasteiger partial charge >= 0.3 is 23.9 Å². The van der Waals surface area contributed by atoms with E-state index >= 15 is 0 Å². The van der Waals surface area contributed by atoms with Crippen LogP contribution in [0.3, 0.4) is 0 Å². The molecule has 0 bridgehead atoms. The molecule has 4 fully saturated rings. The maximum absolute atomic E-state index is 14.6. The molecule has 2 heterocycles. The van der Waals surface area contributed by atoms with Gasteiger partial charge in [0.2, 0.25) is 0 Å². The van der Waals surface area contributed by atoms with Crippen molar-refractivity contribution in [3.05, 3.63) is 69.1 Å². The molecule has 4 aliphatic carbocycles. The van der Waals surface area contributed by atoms with E-state index in [-0.39, 0.29) is 61.1 Å². The van der Waals surface area contributed by atoms with Crippen molar-refractivity contribution < 1.29 is 43.8 Å². The number of esters is 4. The third kappa shape index (κ3) is 6.10. The number of quaternary nitrogens is 2. The Labute approximate surface area is 317 Å². The average molecular weight is 743 g/mol. The van der Waals surface area contributed by atoms with Crippen LogP contribution in [0.25, 0.3) is 0 Å². The first-order valence-electron chi connectivity index (χ1n) is 20.3. The molecule has 54 heavy (non-hydrogen) atoms. The molecule has 4 saturated carbocycles. The molecule has 2 aromatic carbocycles. The Kier molecular flexibility index (Phi) is 9.55. The number of hydrogen-bond acceptors (Lipinski definition) is 9. The largest absolute Gasteiger partial charge is 0.629 e. The van der Waals surface area contributed by atoms with Crippen molar-refractivity contribution in [3.63, 3.8) is 0 Å². The zero-order valence-electron chi connectivity index (χ0n) is 32.1. The summed E-state index contributed by atoms with van der Waals surface area (Å²) in [6, 6.07) is 8.17. The van der Waals surface area contributed by atoms with Crippen molar-refractivity contribution in [1.29, 1.82) is 0 Å². The normalized spacial score (nSPS) is 35.7. The zero-order chi connectivity index (χ0) is 38.3. The predicted octanol–water partition coefficient (Wildman–Crippen LogP) is 6.17. The third-order valence-corrected chi connectivity index (χ3v) is 15.4. The molecule has 2 aromatic rings. The monoisotopic (exact) mass is 742 g/mol. The molecule has 12 atom stereocenters. The first kappa shape index (κ1) is 37.3. The lowest BCUT2D eigenvalue weighted by Crippen LogP contribution is -3.15. The number of cyclic esters (lactones) is 4. The number of nitrogens with one attached hydrogen (secondary N) is 2. The molecule has 290 valence electrons. The maximum atomic E-state index is 14.6. The van der Waals surface area contributed by atoms with E-state index in [2.05, 4.69) is 34.6 Å². The average Bonchev–Trinajstić information content (AvgIpc) is 3.74. The van der Waals surface area contributed by atoms with Gasteiger partial charge in [-0.3, -0.25) is 0 Å². The standard InChI is InChI=1S/C43H54N2O9/c1-23(2)7-6-8-24(3)33-13-14-34-32-22-37(45(51)54-27-10-12-29-31(21-27)41(49)53-39(29)47)36-20-26(15-17-43(36,5)35(32)16-18-42(33,34)4)44(50)25-9-11-28-30(19-25)40(48)52-38(28)46/h9-12,19,21,23-24,26,32-37,44-45H,6-8,13-18,20,22H2,1-5H3. The van der Waals surface area contributed by atoms with E-state index in [0.717, 1.165) is 12.8 Å². The molecule has 0 amide bonds. The minimum atomic E-state index is -0.755. The first-order chi connectivity index (χ1) is 25.7. The molecule has 0 spiro atoms. The summed E-state index contributed by atoms with van der Waals surface area (Å²) >= 11 is 0. The second kappa shape index (κ2) is 13.8. The smallest absolute Gasteiger partial charge is 0.347 e. The highest BCUT2D eigenvalue weighted by atomic mass is 16.9. The quantitative estimate of drug-likeness (QED) is 0.166. The van der Waals surface area contributed by atoms with E-state index < -0.39 is 29.9 Å². The van der Waals surface area contributed by atoms with Crippen molar-refractivity contribution >= 4 is 29.6 Å². The number of carbonyl (C=O) groups is 4. The van der Waals surface area contributed by atoms with Crippen LogP contribution in [0.5, 0.6) is 5.75 Å². The molecule has 11 heteroatoms. The Hall–Kier alpha value is -3.64. The molecular weight excluding hydrogens is 688 g/mol. The maximum Gasteiger partial charge on any atom is 0.347 e. The van der Waals surface area contributed by atoms with Crippen molar-refractivity contribution in [2.45, 2.75) is 117 Å². The van der Waals surface area contributed by atoms with Crippen LogP contribution < -0.4 is 15.1 Å². The van der Waals surface area contributed by atoms with Gasteiger partial charge in [0.15, 0.2) is 5.75 Å². The molecule has 11 nitrogen and oxygen atoms in total. The molecule has 2 aliphatic heterocycles. The molecule has 2 N–H and O–H groups in total. The minimum Gasteiger partial charge on any atom is -0.629 e. The SMILES string of the molecule is CC(C)CCCC(C)C1CCC2C3CC([NH+]([O-])Oc4ccc5c(c4)C(=O)OC5=O)C4CC([NH+]([O-])c5ccc6c(c5)C(=O)OC6=O)CCC4(C)C3CCC12C. The third-order valence-electron chi connectivity index (χ3n) is 15.4. The number of ether oxygens (including phenoxy) is 2. The number of carbonyl (C=O) groups excluding carboxylic acids is 4. The zero-order valence-corrected chi connectivity index (χ0v) is 32.1. The Morgan fingerprint density at radius 1 is 0.741 bits per heavy atom. The molecule has 0 saturated heterocycles. The summed E-state index contributed by atoms with van der Waals surface area (Å²) < 4.78 is 9.54. The lowest BCUT2D eigenvalue weighted by molar-refractivity contribution is -1.05. The van der Waals surface area contributed by atoms with Gasteiger partial charge < -0.3 is 29.8 Å². The van der Waals surface area contributed by atoms with Crippen LogP contribution in [-0.4, -0.2) is 36.0 Å². The molecule has 0 radical (unpaired) electrons. The van der Waals surface area contributed by atoms with Crippen LogP contribution in [0.4, 0.5) is 5.69 Å². The van der Waals surface area contributed by atoms with Crippen LogP contribution in [0.1, 0.15) is 147 Å². The van der Waals surface area contributed by atoms with Gasteiger partial charge in [-0.05, 0) is 96.6 Å². The summed E-state index contributed by atoms with van der Waals surface area (Å²) in [6.45, 7) is 11.9. The molecule has 6 aliphatic rings. The summed E-state index contributed by atoms with van der Waals surface area (Å²) in [7, 11) is 0. The number of fused-ring (bicyclic) bond motifs is 7. The summed E-state index contributed by atoms with van der Waals surface area (Å²) in [5, 5.41) is 28.3. The van der Waals surface area contributed by atoms with Gasteiger partial charge in [-0.15, -0.1) is 0 Å². The van der Waals surface area contributed by atoms with Gasteiger partial charge in [-0.2, -0.15) is 5.23 Å². The Morgan fingerprint density at radius 2 is 1.37 bits per heavy atom. The number of benzene rings is 2. The Morgan fingerprint density at radius 3 is 2.07 bits per heavy atom. The van der Waals surface area contributed by atoms with Crippen molar-refractivity contribution in [2.75, 3.05) is 0 Å². The lowest BCUT2D eigenvalue weighted by Gasteiger charge is -2.63. The lowest BCUT2D eigenvalue weighted by atomic mass is 9.43. The van der Waals surface area contributed by atoms with Crippen LogP contribution in [0.2, 0.25) is 0 Å². The van der Waals surface area contributed by atoms with Gasteiger partial charge in [0.1, 0.15) is 11.7 Å². The second-order valence-electron chi connectivity index (χ2n) is 18.4. The fourth-order valence-corrected chi connectivity index (χ4v) is 12.7. The fraction of sp³-hybridized carbons (Fsp3) is 0.628. The summed E-state index contributed by atoms with van der Waals surface area (Å²) in [5.74, 6) is 0.489. The minimum absolute atomic E-state index is 0.0876. The van der Waals surface area contributed by atoms with Crippen LogP contribution in [0, 0.1) is 62.7 Å². The van der Waals surface area contributed by atoms with Crippen molar-refractivity contribution in [2.24, 2.45) is 52.3 Å². The van der Waals surface area contributed by atoms with Gasteiger partial charge in [0.05, 0.1) is 28.3 Å². The van der Waals surface area contributed by atoms with E-state index in [9.17, 15) is 29.6 Å². The summed E-state index contributed by atoms with van der Waals surface area (Å²) in [6.07, 6.45) is 11.2. The van der Waals surface area contributed by atoms with Crippen LogP contribution in [0.15, 0.2) is 36.4 Å². The molecule has 0 aromatic heterocycles. The van der Waals surface area contributed by atoms with Crippen LogP contribution in [-0.2, 0) is 9.47 Å². The van der Waals surface area contributed by atoms with E-state index in [1.807, 2.05) is 0 Å². The van der Waals surface area contributed by atoms with Gasteiger partial charge in [0.25, 0.3) is 0 Å². The van der Waals surface area contributed by atoms with E-state index in [1.165, 1.54) is 68.9 Å². The number of rotatable bonds is 10. The Bertz CT molecular complexity index is 1860. The first-order valence-corrected chi connectivity index (χ1v) is 20.3. The van der Waals surface area contributed by atoms with Crippen molar-refractivity contribution in [3.8, 4) is 5.75 Å². The highest BCUT2D eigenvalue weighted by Gasteiger charge is 2.64. The Balaban J connectivity index is 1.08. The second-order valence-corrected chi connectivity index (χ2v) is 18.4. The molecule has 12 unspecified atom stereocenters. The van der Waals surface area contributed by atoms with Gasteiger partial charge in [-0.25, -0.2) is 19.2 Å². The van der Waals surface area contributed by atoms with Gasteiger partial charge in [-0.1, -0.05) is 53.9 Å². The predicted molar refractivity (Wildman–Crippen MR) is 197 cm³/mol. The highest BCUT2D eigenvalue weighted by Crippen LogP contribution is 2.68. The topological polar surface area (TPSA) is 151 Å². The van der Waals surface area contributed by atoms with Crippen LogP contribution >= 0.6 is 0 Å². The summed E-state index contributed by atoms with van der Waals surface area (Å²) in [5.41, 5.74) is 0.921. The van der Waals surface area contributed by atoms with Gasteiger partial charge in [0, 0.05) is 43.4 Å². The fourth-order valence-electron chi connectivity index (χ4n) is 12.7. The molecule has 8 rings (SSSR count). The van der Waals surface area contributed by atoms with E-state index in [0.29, 0.717) is 60.5 Å². The van der Waals surface area contributed by atoms with E-state index in [4.69, 9.17) is 14.3 Å². The van der Waals surface area contributed by atoms with E-state index in [1.54, 1.807) is 6.07 Å². The summed E-state index contributed by atoms with van der Waals surface area (Å²) in [4.78, 5) is 55.0. The van der Waals surface area contributed by atoms with Crippen molar-refractivity contribution in [1.82, 2.24) is 0 Å². The number of hydrogen-bond donors (Lipinski definition) is 2. The molecular formula is C43H54N2O9. The number of hydroxylamine groups is 3. The highest BCUT2D eigenvalue weighted by molar-refractivity contribution is 6.15.